The van der Waals surface area contributed by atoms with Crippen LogP contribution in [0.1, 0.15) is 66.6 Å². The number of para-hydroxylation sites is 1. The van der Waals surface area contributed by atoms with E-state index in [0.717, 1.165) is 69.4 Å². The average Bonchev–Trinajstić information content (AvgIpc) is 4.35. The molecule has 8 aromatic heterocycles. The van der Waals surface area contributed by atoms with Crippen molar-refractivity contribution in [2.75, 3.05) is 41.0 Å². The first-order valence-electron chi connectivity index (χ1n) is 24.6. The maximum atomic E-state index is 9.53. The normalized spacial score (nSPS) is 13.8. The van der Waals surface area contributed by atoms with E-state index in [-0.39, 0.29) is 24.7 Å². The molecule has 13 rings (SSSR count). The maximum Gasteiger partial charge on any atom is 0.182 e. The number of H-pyrrole nitrogens is 4. The molecule has 0 radical (unpaired) electrons. The van der Waals surface area contributed by atoms with Crippen LogP contribution in [0, 0.1) is 0 Å². The van der Waals surface area contributed by atoms with Crippen molar-refractivity contribution in [2.24, 2.45) is 0 Å². The van der Waals surface area contributed by atoms with E-state index in [1.165, 1.54) is 36.4 Å². The summed E-state index contributed by atoms with van der Waals surface area (Å²) in [7, 11) is 0. The summed E-state index contributed by atoms with van der Waals surface area (Å²) in [6, 6.07) is 38.6. The maximum absolute atomic E-state index is 9.53. The lowest BCUT2D eigenvalue weighted by molar-refractivity contribution is 0.274. The Hall–Kier alpha value is -9.96. The zero-order chi connectivity index (χ0) is 51.9. The molecule has 12 aromatic rings. The molecule has 22 nitrogen and oxygen atoms in total. The molecule has 76 heavy (non-hydrogen) atoms. The number of hydrogen-bond donors (Lipinski definition) is 9. The van der Waals surface area contributed by atoms with Crippen molar-refractivity contribution in [1.29, 1.82) is 0 Å². The highest BCUT2D eigenvalue weighted by molar-refractivity contribution is 5.84. The number of nitrogens with one attached hydrogen (secondary N) is 8. The van der Waals surface area contributed by atoms with Gasteiger partial charge in [0.25, 0.3) is 0 Å². The van der Waals surface area contributed by atoms with Crippen LogP contribution in [0.2, 0.25) is 0 Å². The summed E-state index contributed by atoms with van der Waals surface area (Å²) >= 11 is 0. The van der Waals surface area contributed by atoms with Crippen LogP contribution in [0.3, 0.4) is 0 Å². The predicted molar refractivity (Wildman–Crippen MR) is 291 cm³/mol. The molecule has 9 heterocycles. The number of fused-ring (bicyclic) bond motifs is 5. The predicted octanol–water partition coefficient (Wildman–Crippen LogP) is 8.88. The van der Waals surface area contributed by atoms with Gasteiger partial charge in [-0.05, 0) is 35.6 Å². The Balaban J connectivity index is 0.000000115. The monoisotopic (exact) mass is 1010 g/mol. The number of hydrogen-bond acceptors (Lipinski definition) is 18. The van der Waals surface area contributed by atoms with Gasteiger partial charge in [-0.2, -0.15) is 0 Å². The Morgan fingerprint density at radius 3 is 1.50 bits per heavy atom. The highest BCUT2D eigenvalue weighted by Gasteiger charge is 2.22. The summed E-state index contributed by atoms with van der Waals surface area (Å²) in [5.41, 5.74) is 10.6. The second-order valence-electron chi connectivity index (χ2n) is 17.4. The van der Waals surface area contributed by atoms with Crippen molar-refractivity contribution in [2.45, 2.75) is 44.3 Å². The van der Waals surface area contributed by atoms with E-state index >= 15 is 0 Å². The molecule has 4 atom stereocenters. The molecule has 1 aliphatic rings. The summed E-state index contributed by atoms with van der Waals surface area (Å²) in [5, 5.41) is 22.9. The van der Waals surface area contributed by atoms with Crippen LogP contribution >= 0.6 is 0 Å². The zero-order valence-electron chi connectivity index (χ0n) is 41.4. The quantitative estimate of drug-likeness (QED) is 0.0521. The summed E-state index contributed by atoms with van der Waals surface area (Å²) < 4.78 is 5.67. The van der Waals surface area contributed by atoms with Crippen molar-refractivity contribution >= 4 is 67.9 Å². The van der Waals surface area contributed by atoms with E-state index in [9.17, 15) is 5.11 Å². The molecule has 1 aliphatic heterocycles. The van der Waals surface area contributed by atoms with E-state index < -0.39 is 0 Å². The van der Waals surface area contributed by atoms with Crippen molar-refractivity contribution < 1.29 is 9.84 Å². The van der Waals surface area contributed by atoms with Crippen molar-refractivity contribution in [1.82, 2.24) is 79.7 Å². The third-order valence-electron chi connectivity index (χ3n) is 12.5. The van der Waals surface area contributed by atoms with Gasteiger partial charge in [-0.25, -0.2) is 59.8 Å². The number of ether oxygens (including phenoxy) is 1. The van der Waals surface area contributed by atoms with Crippen LogP contribution in [0.25, 0.3) is 44.7 Å². The van der Waals surface area contributed by atoms with Gasteiger partial charge >= 0.3 is 0 Å². The lowest BCUT2D eigenvalue weighted by atomic mass is 10.0. The molecule has 0 saturated heterocycles. The number of aromatic amines is 4. The second-order valence-corrected chi connectivity index (χ2v) is 17.4. The number of anilines is 4. The van der Waals surface area contributed by atoms with E-state index in [0.29, 0.717) is 40.9 Å². The van der Waals surface area contributed by atoms with E-state index in [1.54, 1.807) is 25.3 Å². The Morgan fingerprint density at radius 1 is 0.500 bits per heavy atom. The smallest absolute Gasteiger partial charge is 0.182 e. The Kier molecular flexibility index (Phi) is 15.8. The number of aliphatic hydroxyl groups excluding tert-OH is 1. The Bertz CT molecular complexity index is 3700. The number of nitrogens with zero attached hydrogens (tertiary/aromatic N) is 12. The summed E-state index contributed by atoms with van der Waals surface area (Å²) in [6.07, 6.45) is 13.4. The lowest BCUT2D eigenvalue weighted by Crippen LogP contribution is -2.20. The molecule has 0 aliphatic carbocycles. The molecule has 4 aromatic carbocycles. The van der Waals surface area contributed by atoms with Gasteiger partial charge in [0.05, 0.1) is 56.6 Å². The average molecular weight is 1020 g/mol. The number of aromatic nitrogens is 16. The molecule has 382 valence electrons. The highest BCUT2D eigenvalue weighted by Crippen LogP contribution is 2.34. The molecule has 0 bridgehead atoms. The number of imidazole rings is 4. The zero-order valence-corrected chi connectivity index (χ0v) is 41.4. The Labute approximate surface area is 435 Å². The standard InChI is InChI=1S/C14H13N5O.C14H15N5.C13H13N5O.C13H13N5/c1-2-4-11-9(3-1)10(5-6-20-11)19-14-12-13(16-7-15-12)17-8-18-14;1-10(11-5-3-2-4-6-11)7-15-13-12-14(17-8-16-12)19-9-18-13;19-6-10(9-4-2-1-3-5-9)18-13-11-12(15-7-14-11)16-8-17-13;1-9(10-5-3-2-4-6-10)18-13-11-12(15-7-14-11)16-8-17-13/h1-4,7-8,10H,5-6H2,(H2,15,16,17,18,19);2-6,8-10H,7H2,1H3,(H2,15,16,17,18,19);1-5,7-8,10,19H,6H2,(H2,14,15,16,17,18);2-9H,1H3,(H2,14,15,16,17,18)/t10-;;10-;9-/m1.11/s1. The van der Waals surface area contributed by atoms with Crippen LogP contribution in [-0.4, -0.2) is 105 Å². The van der Waals surface area contributed by atoms with Crippen molar-refractivity contribution in [3.05, 3.63) is 188 Å². The number of benzene rings is 4. The molecule has 9 N–H and O–H groups in total. The minimum absolute atomic E-state index is 0.0242. The molecule has 1 unspecified atom stereocenters. The fourth-order valence-corrected chi connectivity index (χ4v) is 8.44. The summed E-state index contributed by atoms with van der Waals surface area (Å²) in [4.78, 5) is 62.0. The first-order valence-corrected chi connectivity index (χ1v) is 24.6. The molecule has 0 spiro atoms. The molecule has 0 saturated carbocycles. The van der Waals surface area contributed by atoms with Crippen LogP contribution in [0.5, 0.6) is 5.75 Å². The van der Waals surface area contributed by atoms with Crippen LogP contribution in [-0.2, 0) is 0 Å². The van der Waals surface area contributed by atoms with Crippen LogP contribution in [0.4, 0.5) is 23.3 Å². The minimum Gasteiger partial charge on any atom is -0.493 e. The van der Waals surface area contributed by atoms with E-state index in [1.807, 2.05) is 72.8 Å². The van der Waals surface area contributed by atoms with Gasteiger partial charge in [0.1, 0.15) is 53.1 Å². The fraction of sp³-hybridized carbons (Fsp3) is 0.185. The second kappa shape index (κ2) is 24.2. The van der Waals surface area contributed by atoms with Gasteiger partial charge in [-0.3, -0.25) is 0 Å². The van der Waals surface area contributed by atoms with Gasteiger partial charge in [-0.15, -0.1) is 0 Å². The molecular weight excluding hydrogens is 961 g/mol. The van der Waals surface area contributed by atoms with Crippen molar-refractivity contribution in [3.63, 3.8) is 0 Å². The van der Waals surface area contributed by atoms with E-state index in [2.05, 4.69) is 157 Å². The molecule has 0 fully saturated rings. The molecular formula is C54H54N20O2. The van der Waals surface area contributed by atoms with Crippen molar-refractivity contribution in [3.8, 4) is 5.75 Å². The third kappa shape index (κ3) is 11.9. The fourth-order valence-electron chi connectivity index (χ4n) is 8.44. The first kappa shape index (κ1) is 49.6. The van der Waals surface area contributed by atoms with Gasteiger partial charge in [0, 0.05) is 18.5 Å². The lowest BCUT2D eigenvalue weighted by Gasteiger charge is -2.27. The molecule has 22 heteroatoms. The number of aliphatic hydroxyl groups is 1. The highest BCUT2D eigenvalue weighted by atomic mass is 16.5. The third-order valence-corrected chi connectivity index (χ3v) is 12.5. The van der Waals surface area contributed by atoms with E-state index in [4.69, 9.17) is 4.74 Å². The van der Waals surface area contributed by atoms with Gasteiger partial charge in [0.15, 0.2) is 45.9 Å². The van der Waals surface area contributed by atoms with Gasteiger partial charge < -0.3 is 51.0 Å². The number of rotatable bonds is 13. The topological polar surface area (TPSA) is 295 Å². The summed E-state index contributed by atoms with van der Waals surface area (Å²) in [5.74, 6) is 4.32. The Morgan fingerprint density at radius 2 is 0.947 bits per heavy atom. The first-order chi connectivity index (χ1) is 37.5. The van der Waals surface area contributed by atoms with Crippen LogP contribution in [0.15, 0.2) is 166 Å². The largest absolute Gasteiger partial charge is 0.493 e. The van der Waals surface area contributed by atoms with Gasteiger partial charge in [-0.1, -0.05) is 116 Å². The molecule has 0 amide bonds. The SMILES string of the molecule is CC(CNc1ncnc2nc[nH]c12)c1ccccc1.C[C@@H](Nc1ncnc2nc[nH]c12)c1ccccc1.OC[C@@H](Nc1ncnc2nc[nH]c12)c1ccccc1.c1ccc2c(c1)OCC[C@H]2Nc1ncnc2nc[nH]c12. The summed E-state index contributed by atoms with van der Waals surface area (Å²) in [6.45, 7) is 5.78. The van der Waals surface area contributed by atoms with Crippen LogP contribution < -0.4 is 26.0 Å². The van der Waals surface area contributed by atoms with Gasteiger partial charge in [0.2, 0.25) is 0 Å². The minimum atomic E-state index is -0.220.